The molecule has 2 heterocycles. The molecule has 0 bridgehead atoms. The normalized spacial score (nSPS) is 23.0. The van der Waals surface area contributed by atoms with Crippen LogP contribution in [0.5, 0.6) is 5.75 Å². The van der Waals surface area contributed by atoms with Crippen LogP contribution in [0.15, 0.2) is 42.0 Å². The van der Waals surface area contributed by atoms with Crippen LogP contribution in [0.4, 0.5) is 0 Å². The van der Waals surface area contributed by atoms with Gasteiger partial charge in [-0.1, -0.05) is 36.7 Å². The quantitative estimate of drug-likeness (QED) is 0.375. The first-order valence-corrected chi connectivity index (χ1v) is 9.83. The number of benzene rings is 1. The molecule has 1 aromatic rings. The maximum Gasteiger partial charge on any atom is 0.148 e. The summed E-state index contributed by atoms with van der Waals surface area (Å²) in [5.41, 5.74) is 3.24. The number of rotatable bonds is 4. The number of piperidine rings is 1. The summed E-state index contributed by atoms with van der Waals surface area (Å²) in [6.45, 7) is 6.45. The highest BCUT2D eigenvalue weighted by atomic mass is 35.5. The van der Waals surface area contributed by atoms with Crippen LogP contribution in [-0.2, 0) is 6.42 Å². The predicted octanol–water partition coefficient (Wildman–Crippen LogP) is 4.09. The lowest BCUT2D eigenvalue weighted by Crippen LogP contribution is -2.52. The third-order valence-electron chi connectivity index (χ3n) is 6.12. The van der Waals surface area contributed by atoms with Crippen molar-refractivity contribution >= 4 is 22.3 Å². The molecule has 0 unspecified atom stereocenters. The molecule has 0 amide bonds. The highest BCUT2D eigenvalue weighted by Crippen LogP contribution is 2.43. The molecular formula is C21H26ClN3O. The molecule has 2 aliphatic heterocycles. The summed E-state index contributed by atoms with van der Waals surface area (Å²) in [6, 6.07) is 7.17. The molecule has 26 heavy (non-hydrogen) atoms. The molecule has 1 aliphatic carbocycles. The van der Waals surface area contributed by atoms with Crippen LogP contribution < -0.4 is 10.6 Å². The van der Waals surface area contributed by atoms with E-state index in [-0.39, 0.29) is 10.8 Å². The van der Waals surface area contributed by atoms with Gasteiger partial charge in [-0.15, -0.1) is 0 Å². The van der Waals surface area contributed by atoms with E-state index < -0.39 is 0 Å². The van der Waals surface area contributed by atoms with Gasteiger partial charge in [-0.05, 0) is 47.8 Å². The minimum absolute atomic E-state index is 0.00606. The summed E-state index contributed by atoms with van der Waals surface area (Å²) in [6.07, 6.45) is 10.9. The van der Waals surface area contributed by atoms with Crippen molar-refractivity contribution in [3.05, 3.63) is 48.1 Å². The number of ether oxygens (including phenoxy) is 1. The van der Waals surface area contributed by atoms with Crippen molar-refractivity contribution in [3.63, 3.8) is 0 Å². The van der Waals surface area contributed by atoms with Crippen LogP contribution in [0.25, 0.3) is 5.57 Å². The Bertz CT molecular complexity index is 759. The fourth-order valence-corrected chi connectivity index (χ4v) is 4.33. The second kappa shape index (κ2) is 7.09. The summed E-state index contributed by atoms with van der Waals surface area (Å²) < 4.78 is 6.43. The fourth-order valence-electron chi connectivity index (χ4n) is 4.27. The van der Waals surface area contributed by atoms with Crippen LogP contribution >= 0.6 is 11.6 Å². The van der Waals surface area contributed by atoms with Crippen LogP contribution in [0.2, 0.25) is 0 Å². The Labute approximate surface area is 160 Å². The van der Waals surface area contributed by atoms with Crippen LogP contribution in [0.1, 0.15) is 43.2 Å². The summed E-state index contributed by atoms with van der Waals surface area (Å²) in [5, 5.41) is 3.69. The lowest BCUT2D eigenvalue weighted by Gasteiger charge is -2.45. The lowest BCUT2D eigenvalue weighted by molar-refractivity contribution is -0.00746. The van der Waals surface area contributed by atoms with Crippen LogP contribution in [0, 0.1) is 0 Å². The van der Waals surface area contributed by atoms with E-state index in [4.69, 9.17) is 22.2 Å². The van der Waals surface area contributed by atoms with E-state index in [0.29, 0.717) is 0 Å². The number of nitrogens with two attached hydrogens (primary N) is 1. The Kier molecular flexibility index (Phi) is 4.80. The molecule has 5 heteroatoms. The number of hydrazone groups is 1. The van der Waals surface area contributed by atoms with Gasteiger partial charge in [-0.2, -0.15) is 5.10 Å². The van der Waals surface area contributed by atoms with E-state index >= 15 is 0 Å². The number of likely N-dealkylation sites (tertiary alicyclic amines) is 1. The molecule has 3 aliphatic rings. The molecule has 4 rings (SSSR count). The molecule has 1 saturated carbocycles. The SMILES string of the molecule is C=C(/C=C\C(Cl)=N/N)c1ccc2c(c1)CC1(CCN(C3CCC3)CC1)O2. The number of hydrogen-bond acceptors (Lipinski definition) is 4. The van der Waals surface area contributed by atoms with E-state index in [9.17, 15) is 0 Å². The zero-order chi connectivity index (χ0) is 18.1. The Morgan fingerprint density at radius 3 is 2.73 bits per heavy atom. The minimum atomic E-state index is -0.00606. The maximum atomic E-state index is 6.43. The van der Waals surface area contributed by atoms with Crippen molar-refractivity contribution in [2.24, 2.45) is 10.9 Å². The number of allylic oxidation sites excluding steroid dienone is 3. The van der Waals surface area contributed by atoms with Gasteiger partial charge in [0, 0.05) is 38.4 Å². The highest BCUT2D eigenvalue weighted by molar-refractivity contribution is 6.68. The van der Waals surface area contributed by atoms with Crippen molar-refractivity contribution in [3.8, 4) is 5.75 Å². The first kappa shape index (κ1) is 17.6. The number of hydrogen-bond donors (Lipinski definition) is 1. The van der Waals surface area contributed by atoms with Gasteiger partial charge in [0.15, 0.2) is 0 Å². The average molecular weight is 372 g/mol. The zero-order valence-electron chi connectivity index (χ0n) is 15.1. The third kappa shape index (κ3) is 3.40. The van der Waals surface area contributed by atoms with Gasteiger partial charge >= 0.3 is 0 Å². The molecule has 0 radical (unpaired) electrons. The van der Waals surface area contributed by atoms with Gasteiger partial charge in [0.1, 0.15) is 16.5 Å². The Morgan fingerprint density at radius 1 is 1.31 bits per heavy atom. The standard InChI is InChI=1S/C21H26ClN3O/c1-15(5-8-20(22)24-23)16-6-7-19-17(13-16)14-21(26-19)9-11-25(12-10-21)18-3-2-4-18/h5-8,13,18H,1-4,9-12,14,23H2/b8-5-,24-20+. The second-order valence-electron chi connectivity index (χ2n) is 7.72. The Hall–Kier alpha value is -1.78. The largest absolute Gasteiger partial charge is 0.487 e. The first-order valence-electron chi connectivity index (χ1n) is 9.45. The zero-order valence-corrected chi connectivity index (χ0v) is 15.8. The van der Waals surface area contributed by atoms with Crippen molar-refractivity contribution in [2.45, 2.75) is 50.2 Å². The molecule has 1 saturated heterocycles. The highest BCUT2D eigenvalue weighted by Gasteiger charge is 2.43. The van der Waals surface area contributed by atoms with Gasteiger partial charge in [0.2, 0.25) is 0 Å². The van der Waals surface area contributed by atoms with Crippen molar-refractivity contribution < 1.29 is 4.74 Å². The van der Waals surface area contributed by atoms with Gasteiger partial charge < -0.3 is 15.5 Å². The summed E-state index contributed by atoms with van der Waals surface area (Å²) >= 11 is 5.81. The Balaban J connectivity index is 1.43. The second-order valence-corrected chi connectivity index (χ2v) is 8.10. The molecule has 4 nitrogen and oxygen atoms in total. The maximum absolute atomic E-state index is 6.43. The van der Waals surface area contributed by atoms with Gasteiger partial charge in [0.05, 0.1) is 0 Å². The number of halogens is 1. The van der Waals surface area contributed by atoms with Gasteiger partial charge in [-0.3, -0.25) is 0 Å². The number of fused-ring (bicyclic) bond motifs is 1. The van der Waals surface area contributed by atoms with E-state index in [1.54, 1.807) is 6.08 Å². The average Bonchev–Trinajstić information content (AvgIpc) is 2.96. The van der Waals surface area contributed by atoms with Crippen LogP contribution in [-0.4, -0.2) is 34.8 Å². The van der Waals surface area contributed by atoms with Crippen molar-refractivity contribution in [1.29, 1.82) is 0 Å². The first-order chi connectivity index (χ1) is 12.6. The minimum Gasteiger partial charge on any atom is -0.487 e. The monoisotopic (exact) mass is 371 g/mol. The van der Waals surface area contributed by atoms with E-state index in [1.807, 2.05) is 6.08 Å². The van der Waals surface area contributed by atoms with Crippen molar-refractivity contribution in [1.82, 2.24) is 4.90 Å². The summed E-state index contributed by atoms with van der Waals surface area (Å²) in [5.74, 6) is 6.18. The Morgan fingerprint density at radius 2 is 2.08 bits per heavy atom. The van der Waals surface area contributed by atoms with Gasteiger partial charge in [-0.25, -0.2) is 0 Å². The molecule has 0 aromatic heterocycles. The van der Waals surface area contributed by atoms with E-state index in [2.05, 4.69) is 34.8 Å². The van der Waals surface area contributed by atoms with E-state index in [1.165, 1.54) is 24.8 Å². The third-order valence-corrected chi connectivity index (χ3v) is 6.34. The molecule has 1 spiro atoms. The number of nitrogens with zero attached hydrogens (tertiary/aromatic N) is 2. The fraction of sp³-hybridized carbons (Fsp3) is 0.476. The molecule has 0 atom stereocenters. The topological polar surface area (TPSA) is 50.8 Å². The molecular weight excluding hydrogens is 346 g/mol. The lowest BCUT2D eigenvalue weighted by atomic mass is 9.83. The smallest absolute Gasteiger partial charge is 0.148 e. The molecule has 1 aromatic carbocycles. The predicted molar refractivity (Wildman–Crippen MR) is 108 cm³/mol. The molecule has 2 fully saturated rings. The van der Waals surface area contributed by atoms with E-state index in [0.717, 1.165) is 55.3 Å². The molecule has 138 valence electrons. The van der Waals surface area contributed by atoms with Crippen molar-refractivity contribution in [2.75, 3.05) is 13.1 Å². The van der Waals surface area contributed by atoms with Gasteiger partial charge in [0.25, 0.3) is 0 Å². The van der Waals surface area contributed by atoms with Crippen LogP contribution in [0.3, 0.4) is 0 Å². The molecule has 2 N–H and O–H groups in total. The summed E-state index contributed by atoms with van der Waals surface area (Å²) in [4.78, 5) is 2.67. The summed E-state index contributed by atoms with van der Waals surface area (Å²) in [7, 11) is 0.